The molecule has 0 aliphatic heterocycles. The van der Waals surface area contributed by atoms with Crippen LogP contribution in [0.25, 0.3) is 21.6 Å². The second-order valence-electron chi connectivity index (χ2n) is 8.21. The van der Waals surface area contributed by atoms with Crippen molar-refractivity contribution in [2.24, 2.45) is 5.92 Å². The quantitative estimate of drug-likeness (QED) is 0.425. The molecular weight excluding hydrogens is 351 g/mol. The van der Waals surface area contributed by atoms with Gasteiger partial charge in [0.1, 0.15) is 5.82 Å². The highest BCUT2D eigenvalue weighted by Gasteiger charge is 2.22. The number of hydrogen-bond donors (Lipinski definition) is 0. The number of thiophene rings is 1. The van der Waals surface area contributed by atoms with Gasteiger partial charge in [-0.05, 0) is 84.9 Å². The van der Waals surface area contributed by atoms with E-state index >= 15 is 0 Å². The smallest absolute Gasteiger partial charge is 0.132 e. The van der Waals surface area contributed by atoms with Gasteiger partial charge in [-0.1, -0.05) is 43.2 Å². The zero-order valence-corrected chi connectivity index (χ0v) is 16.4. The Kier molecular flexibility index (Phi) is 4.61. The van der Waals surface area contributed by atoms with Crippen molar-refractivity contribution in [2.75, 3.05) is 0 Å². The third-order valence-corrected chi connectivity index (χ3v) is 7.29. The number of hydrogen-bond acceptors (Lipinski definition) is 1. The van der Waals surface area contributed by atoms with Crippen LogP contribution in [0.1, 0.15) is 54.9 Å². The number of halogens is 1. The first kappa shape index (κ1) is 17.2. The van der Waals surface area contributed by atoms with E-state index in [1.165, 1.54) is 49.0 Å². The molecule has 138 valence electrons. The molecule has 2 saturated carbocycles. The molecule has 2 heteroatoms. The first-order chi connectivity index (χ1) is 13.3. The summed E-state index contributed by atoms with van der Waals surface area (Å²) < 4.78 is 14.8. The van der Waals surface area contributed by atoms with E-state index in [9.17, 15) is 4.39 Å². The second kappa shape index (κ2) is 7.24. The van der Waals surface area contributed by atoms with E-state index in [4.69, 9.17) is 0 Å². The van der Waals surface area contributed by atoms with E-state index in [-0.39, 0.29) is 5.82 Å². The Bertz CT molecular complexity index is 927. The first-order valence-corrected chi connectivity index (χ1v) is 11.1. The molecule has 2 aromatic carbocycles. The molecule has 5 rings (SSSR count). The summed E-state index contributed by atoms with van der Waals surface area (Å²) in [6.07, 6.45) is 9.20. The number of rotatable bonds is 5. The SMILES string of the molecule is Fc1cc(-c2ccc(C3CCCC3)cc2)ccc1-c1ccc(CC2CC2)s1. The van der Waals surface area contributed by atoms with Crippen LogP contribution in [0.15, 0.2) is 54.6 Å². The molecular formula is C25H25FS. The van der Waals surface area contributed by atoms with Gasteiger partial charge in [0.15, 0.2) is 0 Å². The van der Waals surface area contributed by atoms with Crippen LogP contribution in [0.2, 0.25) is 0 Å². The Balaban J connectivity index is 1.36. The van der Waals surface area contributed by atoms with Crippen LogP contribution in [0.5, 0.6) is 0 Å². The van der Waals surface area contributed by atoms with Crippen molar-refractivity contribution in [3.8, 4) is 21.6 Å². The first-order valence-electron chi connectivity index (χ1n) is 10.3. The Morgan fingerprint density at radius 2 is 1.56 bits per heavy atom. The van der Waals surface area contributed by atoms with E-state index < -0.39 is 0 Å². The van der Waals surface area contributed by atoms with Crippen LogP contribution >= 0.6 is 11.3 Å². The van der Waals surface area contributed by atoms with Crippen molar-refractivity contribution in [3.05, 3.63) is 70.9 Å². The van der Waals surface area contributed by atoms with Gasteiger partial charge < -0.3 is 0 Å². The Hall–Kier alpha value is -1.93. The lowest BCUT2D eigenvalue weighted by Crippen LogP contribution is -1.92. The van der Waals surface area contributed by atoms with Crippen LogP contribution in [0.3, 0.4) is 0 Å². The van der Waals surface area contributed by atoms with Gasteiger partial charge in [-0.2, -0.15) is 0 Å². The average molecular weight is 377 g/mol. The highest BCUT2D eigenvalue weighted by atomic mass is 32.1. The second-order valence-corrected chi connectivity index (χ2v) is 9.38. The van der Waals surface area contributed by atoms with E-state index in [0.717, 1.165) is 39.8 Å². The summed E-state index contributed by atoms with van der Waals surface area (Å²) in [5, 5.41) is 0. The Morgan fingerprint density at radius 1 is 0.815 bits per heavy atom. The fraction of sp³-hybridized carbons (Fsp3) is 0.360. The monoisotopic (exact) mass is 376 g/mol. The highest BCUT2D eigenvalue weighted by Crippen LogP contribution is 2.38. The van der Waals surface area contributed by atoms with Crippen LogP contribution in [0.4, 0.5) is 4.39 Å². The molecule has 2 aliphatic rings. The van der Waals surface area contributed by atoms with Gasteiger partial charge >= 0.3 is 0 Å². The summed E-state index contributed by atoms with van der Waals surface area (Å²) in [5.74, 6) is 1.48. The van der Waals surface area contributed by atoms with E-state index in [1.54, 1.807) is 17.4 Å². The molecule has 0 spiro atoms. The minimum absolute atomic E-state index is 0.118. The van der Waals surface area contributed by atoms with Crippen molar-refractivity contribution >= 4 is 11.3 Å². The maximum absolute atomic E-state index is 14.8. The van der Waals surface area contributed by atoms with Gasteiger partial charge in [-0.15, -0.1) is 11.3 Å². The normalized spacial score (nSPS) is 17.5. The van der Waals surface area contributed by atoms with E-state index in [1.807, 2.05) is 6.07 Å². The Labute approximate surface area is 165 Å². The maximum Gasteiger partial charge on any atom is 0.132 e. The number of benzene rings is 2. The highest BCUT2D eigenvalue weighted by molar-refractivity contribution is 7.15. The minimum Gasteiger partial charge on any atom is -0.206 e. The molecule has 0 N–H and O–H groups in total. The molecule has 2 fully saturated rings. The molecule has 2 aliphatic carbocycles. The van der Waals surface area contributed by atoms with Crippen molar-refractivity contribution < 1.29 is 4.39 Å². The van der Waals surface area contributed by atoms with Crippen LogP contribution < -0.4 is 0 Å². The standard InChI is InChI=1S/C25H25FS/c26-24-16-21(20-9-7-19(8-10-20)18-3-1-2-4-18)11-13-23(24)25-14-12-22(27-25)15-17-5-6-17/h7-14,16-18H,1-6,15H2. The molecule has 0 nitrogen and oxygen atoms in total. The fourth-order valence-corrected chi connectivity index (χ4v) is 5.49. The van der Waals surface area contributed by atoms with Gasteiger partial charge in [-0.3, -0.25) is 0 Å². The topological polar surface area (TPSA) is 0 Å². The molecule has 1 heterocycles. The van der Waals surface area contributed by atoms with Gasteiger partial charge in [0, 0.05) is 15.3 Å². The zero-order valence-electron chi connectivity index (χ0n) is 15.6. The molecule has 0 amide bonds. The van der Waals surface area contributed by atoms with E-state index in [0.29, 0.717) is 0 Å². The summed E-state index contributed by atoms with van der Waals surface area (Å²) >= 11 is 1.75. The van der Waals surface area contributed by atoms with Gasteiger partial charge in [0.05, 0.1) is 0 Å². The maximum atomic E-state index is 14.8. The van der Waals surface area contributed by atoms with Crippen LogP contribution in [0, 0.1) is 11.7 Å². The van der Waals surface area contributed by atoms with Crippen molar-refractivity contribution in [2.45, 2.75) is 50.9 Å². The molecule has 0 radical (unpaired) electrons. The summed E-state index contributed by atoms with van der Waals surface area (Å²) in [6, 6.07) is 18.7. The van der Waals surface area contributed by atoms with Crippen molar-refractivity contribution in [1.29, 1.82) is 0 Å². The largest absolute Gasteiger partial charge is 0.206 e. The van der Waals surface area contributed by atoms with Crippen molar-refractivity contribution in [3.63, 3.8) is 0 Å². The molecule has 27 heavy (non-hydrogen) atoms. The zero-order chi connectivity index (χ0) is 18.2. The lowest BCUT2D eigenvalue weighted by Gasteiger charge is -2.11. The molecule has 1 aromatic heterocycles. The van der Waals surface area contributed by atoms with E-state index in [2.05, 4.69) is 42.5 Å². The summed E-state index contributed by atoms with van der Waals surface area (Å²) in [4.78, 5) is 2.43. The third kappa shape index (κ3) is 3.73. The molecule has 3 aromatic rings. The molecule has 0 saturated heterocycles. The van der Waals surface area contributed by atoms with Crippen LogP contribution in [-0.2, 0) is 6.42 Å². The van der Waals surface area contributed by atoms with Gasteiger partial charge in [0.2, 0.25) is 0 Å². The van der Waals surface area contributed by atoms with Crippen LogP contribution in [-0.4, -0.2) is 0 Å². The predicted molar refractivity (Wildman–Crippen MR) is 113 cm³/mol. The predicted octanol–water partition coefficient (Wildman–Crippen LogP) is 7.83. The summed E-state index contributed by atoms with van der Waals surface area (Å²) in [6.45, 7) is 0. The molecule has 0 atom stereocenters. The third-order valence-electron chi connectivity index (χ3n) is 6.15. The fourth-order valence-electron chi connectivity index (χ4n) is 4.34. The average Bonchev–Trinajstić information content (AvgIpc) is 3.15. The molecule has 0 bridgehead atoms. The lowest BCUT2D eigenvalue weighted by molar-refractivity contribution is 0.632. The van der Waals surface area contributed by atoms with Crippen molar-refractivity contribution in [1.82, 2.24) is 0 Å². The Morgan fingerprint density at radius 3 is 2.26 bits per heavy atom. The van der Waals surface area contributed by atoms with Gasteiger partial charge in [-0.25, -0.2) is 4.39 Å². The van der Waals surface area contributed by atoms with Gasteiger partial charge in [0.25, 0.3) is 0 Å². The minimum atomic E-state index is -0.118. The summed E-state index contributed by atoms with van der Waals surface area (Å²) in [7, 11) is 0. The summed E-state index contributed by atoms with van der Waals surface area (Å²) in [5.41, 5.74) is 4.23. The molecule has 0 unspecified atom stereocenters. The lowest BCUT2D eigenvalue weighted by atomic mass is 9.95.